The minimum absolute atomic E-state index is 0.477. The van der Waals surface area contributed by atoms with Gasteiger partial charge in [0.15, 0.2) is 11.5 Å². The predicted octanol–water partition coefficient (Wildman–Crippen LogP) is 3.70. The van der Waals surface area contributed by atoms with Gasteiger partial charge in [0.2, 0.25) is 5.13 Å². The molecule has 0 radical (unpaired) electrons. The summed E-state index contributed by atoms with van der Waals surface area (Å²) in [4.78, 5) is 4.08. The molecular formula is C17H22N4O2S. The topological polar surface area (TPSA) is 81.8 Å². The van der Waals surface area contributed by atoms with Crippen LogP contribution in [0.15, 0.2) is 35.3 Å². The van der Waals surface area contributed by atoms with Crippen LogP contribution in [0.5, 0.6) is 11.5 Å². The van der Waals surface area contributed by atoms with Gasteiger partial charge >= 0.3 is 0 Å². The van der Waals surface area contributed by atoms with Gasteiger partial charge in [0.25, 0.3) is 0 Å². The number of nitrogens with zero attached hydrogens (tertiary/aromatic N) is 2. The number of nitrogen functional groups attached to an aromatic ring is 1. The largest absolute Gasteiger partial charge is 0.493 e. The molecule has 2 rings (SSSR count). The Morgan fingerprint density at radius 1 is 1.46 bits per heavy atom. The van der Waals surface area contributed by atoms with Gasteiger partial charge in [-0.3, -0.25) is 5.43 Å². The number of nitrogens with one attached hydrogen (secondary N) is 1. The van der Waals surface area contributed by atoms with E-state index in [-0.39, 0.29) is 0 Å². The Morgan fingerprint density at radius 3 is 2.92 bits per heavy atom. The van der Waals surface area contributed by atoms with Crippen molar-refractivity contribution in [1.82, 2.24) is 4.98 Å². The van der Waals surface area contributed by atoms with Crippen LogP contribution in [-0.2, 0) is 6.42 Å². The number of benzene rings is 1. The molecule has 0 saturated carbocycles. The Bertz CT molecular complexity index is 713. The summed E-state index contributed by atoms with van der Waals surface area (Å²) in [6.45, 7) is 6.51. The minimum Gasteiger partial charge on any atom is -0.493 e. The summed E-state index contributed by atoms with van der Waals surface area (Å²) >= 11 is 1.40. The second-order valence-electron chi connectivity index (χ2n) is 5.00. The van der Waals surface area contributed by atoms with Crippen LogP contribution in [0.25, 0.3) is 0 Å². The van der Waals surface area contributed by atoms with Gasteiger partial charge in [-0.1, -0.05) is 13.0 Å². The number of ether oxygens (including phenoxy) is 2. The van der Waals surface area contributed by atoms with Crippen molar-refractivity contribution < 1.29 is 9.47 Å². The molecule has 0 fully saturated rings. The van der Waals surface area contributed by atoms with E-state index >= 15 is 0 Å². The van der Waals surface area contributed by atoms with Crippen LogP contribution in [0.3, 0.4) is 0 Å². The number of allylic oxidation sites excluding steroid dienone is 1. The van der Waals surface area contributed by atoms with Crippen molar-refractivity contribution in [1.29, 1.82) is 0 Å². The molecule has 0 unspecified atom stereocenters. The maximum absolute atomic E-state index is 5.84. The first-order valence-corrected chi connectivity index (χ1v) is 8.50. The molecule has 3 N–H and O–H groups in total. The second-order valence-corrected chi connectivity index (χ2v) is 5.86. The van der Waals surface area contributed by atoms with E-state index in [2.05, 4.69) is 29.0 Å². The number of thiazole rings is 1. The van der Waals surface area contributed by atoms with E-state index < -0.39 is 0 Å². The van der Waals surface area contributed by atoms with Crippen molar-refractivity contribution in [2.75, 3.05) is 24.9 Å². The van der Waals surface area contributed by atoms with Crippen molar-refractivity contribution in [3.63, 3.8) is 0 Å². The zero-order chi connectivity index (χ0) is 17.4. The minimum atomic E-state index is 0.477. The smallest absolute Gasteiger partial charge is 0.205 e. The summed E-state index contributed by atoms with van der Waals surface area (Å²) in [5.74, 6) is 1.92. The fourth-order valence-electron chi connectivity index (χ4n) is 2.08. The molecule has 7 heteroatoms. The maximum atomic E-state index is 5.84. The van der Waals surface area contributed by atoms with E-state index in [9.17, 15) is 0 Å². The molecule has 0 aliphatic heterocycles. The van der Waals surface area contributed by atoms with Gasteiger partial charge in [0.05, 0.1) is 19.9 Å². The monoisotopic (exact) mass is 346 g/mol. The SMILES string of the molecule is C=CCc1cc(C=NNc2nc(N)cs2)cc(OC)c1OCCC. The van der Waals surface area contributed by atoms with Gasteiger partial charge in [-0.25, -0.2) is 4.98 Å². The molecule has 128 valence electrons. The number of hydrogen-bond donors (Lipinski definition) is 2. The summed E-state index contributed by atoms with van der Waals surface area (Å²) in [6, 6.07) is 3.90. The zero-order valence-electron chi connectivity index (χ0n) is 13.9. The lowest BCUT2D eigenvalue weighted by Crippen LogP contribution is -2.03. The van der Waals surface area contributed by atoms with E-state index in [1.54, 1.807) is 18.7 Å². The second kappa shape index (κ2) is 8.93. The van der Waals surface area contributed by atoms with Crippen molar-refractivity contribution >= 4 is 28.5 Å². The van der Waals surface area contributed by atoms with Gasteiger partial charge in [0, 0.05) is 10.9 Å². The van der Waals surface area contributed by atoms with E-state index in [4.69, 9.17) is 15.2 Å². The first kappa shape index (κ1) is 17.8. The Kier molecular flexibility index (Phi) is 6.62. The molecular weight excluding hydrogens is 324 g/mol. The highest BCUT2D eigenvalue weighted by molar-refractivity contribution is 7.14. The van der Waals surface area contributed by atoms with Crippen molar-refractivity contribution in [2.45, 2.75) is 19.8 Å². The molecule has 1 heterocycles. The number of anilines is 2. The first-order valence-electron chi connectivity index (χ1n) is 7.62. The first-order chi connectivity index (χ1) is 11.7. The van der Waals surface area contributed by atoms with E-state index in [1.807, 2.05) is 18.2 Å². The third-order valence-electron chi connectivity index (χ3n) is 3.08. The van der Waals surface area contributed by atoms with Crippen LogP contribution in [0.4, 0.5) is 10.9 Å². The predicted molar refractivity (Wildman–Crippen MR) is 100 cm³/mol. The molecule has 0 saturated heterocycles. The molecule has 24 heavy (non-hydrogen) atoms. The quantitative estimate of drug-likeness (QED) is 0.411. The summed E-state index contributed by atoms with van der Waals surface area (Å²) in [6.07, 6.45) is 5.16. The fraction of sp³-hybridized carbons (Fsp3) is 0.294. The van der Waals surface area contributed by atoms with Crippen LogP contribution in [0.1, 0.15) is 24.5 Å². The molecule has 2 aromatic rings. The van der Waals surface area contributed by atoms with Gasteiger partial charge in [-0.05, 0) is 30.5 Å². The van der Waals surface area contributed by atoms with Crippen molar-refractivity contribution in [2.24, 2.45) is 5.10 Å². The molecule has 1 aromatic heterocycles. The maximum Gasteiger partial charge on any atom is 0.205 e. The molecule has 1 aromatic carbocycles. The number of nitrogens with two attached hydrogens (primary N) is 1. The average molecular weight is 346 g/mol. The molecule has 0 aliphatic rings. The number of rotatable bonds is 9. The van der Waals surface area contributed by atoms with Gasteiger partial charge < -0.3 is 15.2 Å². The van der Waals surface area contributed by atoms with E-state index in [1.165, 1.54) is 11.3 Å². The van der Waals surface area contributed by atoms with Gasteiger partial charge in [-0.15, -0.1) is 17.9 Å². The van der Waals surface area contributed by atoms with Crippen LogP contribution in [-0.4, -0.2) is 24.9 Å². The average Bonchev–Trinajstić information content (AvgIpc) is 2.99. The van der Waals surface area contributed by atoms with E-state index in [0.717, 1.165) is 23.3 Å². The van der Waals surface area contributed by atoms with Crippen LogP contribution in [0, 0.1) is 0 Å². The van der Waals surface area contributed by atoms with Crippen molar-refractivity contribution in [3.05, 3.63) is 41.3 Å². The van der Waals surface area contributed by atoms with Gasteiger partial charge in [0.1, 0.15) is 5.82 Å². The van der Waals surface area contributed by atoms with Crippen LogP contribution < -0.4 is 20.6 Å². The molecule has 0 atom stereocenters. The molecule has 0 spiro atoms. The Balaban J connectivity index is 2.22. The summed E-state index contributed by atoms with van der Waals surface area (Å²) in [5.41, 5.74) is 10.3. The summed E-state index contributed by atoms with van der Waals surface area (Å²) < 4.78 is 11.3. The lowest BCUT2D eigenvalue weighted by molar-refractivity contribution is 0.291. The Morgan fingerprint density at radius 2 is 2.29 bits per heavy atom. The third kappa shape index (κ3) is 4.73. The molecule has 6 nitrogen and oxygen atoms in total. The number of methoxy groups -OCH3 is 1. The number of hydrogen-bond acceptors (Lipinski definition) is 7. The summed E-state index contributed by atoms with van der Waals surface area (Å²) in [7, 11) is 1.63. The normalized spacial score (nSPS) is 10.8. The molecule has 0 aliphatic carbocycles. The van der Waals surface area contributed by atoms with E-state index in [0.29, 0.717) is 29.7 Å². The number of hydrazone groups is 1. The Hall–Kier alpha value is -2.54. The fourth-order valence-corrected chi connectivity index (χ4v) is 2.63. The summed E-state index contributed by atoms with van der Waals surface area (Å²) in [5, 5.41) is 6.59. The highest BCUT2D eigenvalue weighted by atomic mass is 32.1. The standard InChI is InChI=1S/C17H22N4O2S/c1-4-6-13-8-12(9-14(22-3)16(13)23-7-5-2)10-19-21-17-20-15(18)11-24-17/h4,8-11H,1,5-7,18H2,2-3H3,(H,20,21). The van der Waals surface area contributed by atoms with Crippen LogP contribution in [0.2, 0.25) is 0 Å². The van der Waals surface area contributed by atoms with Crippen molar-refractivity contribution in [3.8, 4) is 11.5 Å². The Labute approximate surface area is 146 Å². The lowest BCUT2D eigenvalue weighted by Gasteiger charge is -2.15. The highest BCUT2D eigenvalue weighted by Gasteiger charge is 2.12. The third-order valence-corrected chi connectivity index (χ3v) is 3.85. The highest BCUT2D eigenvalue weighted by Crippen LogP contribution is 2.33. The van der Waals surface area contributed by atoms with Gasteiger partial charge in [-0.2, -0.15) is 5.10 Å². The zero-order valence-corrected chi connectivity index (χ0v) is 14.7. The molecule has 0 bridgehead atoms. The lowest BCUT2D eigenvalue weighted by atomic mass is 10.1. The van der Waals surface area contributed by atoms with Crippen LogP contribution >= 0.6 is 11.3 Å². The number of aromatic nitrogens is 1. The molecule has 0 amide bonds.